The second-order valence-electron chi connectivity index (χ2n) is 7.67. The molecule has 6 heteroatoms. The molecule has 0 aromatic carbocycles. The average Bonchev–Trinajstić information content (AvgIpc) is 3.53. The van der Waals surface area contributed by atoms with Gasteiger partial charge in [-0.1, -0.05) is 19.9 Å². The van der Waals surface area contributed by atoms with Gasteiger partial charge in [-0.15, -0.1) is 0 Å². The van der Waals surface area contributed by atoms with Gasteiger partial charge in [0.2, 0.25) is 5.88 Å². The Labute approximate surface area is 171 Å². The summed E-state index contributed by atoms with van der Waals surface area (Å²) in [6.45, 7) is 14.4. The van der Waals surface area contributed by atoms with Crippen LogP contribution in [0.4, 0.5) is 0 Å². The molecule has 1 aromatic heterocycles. The molecule has 1 fully saturated rings. The third-order valence-corrected chi connectivity index (χ3v) is 5.11. The highest BCUT2D eigenvalue weighted by molar-refractivity contribution is 5.80. The van der Waals surface area contributed by atoms with E-state index in [-0.39, 0.29) is 0 Å². The summed E-state index contributed by atoms with van der Waals surface area (Å²) in [5.41, 5.74) is 1.09. The highest BCUT2D eigenvalue weighted by Crippen LogP contribution is 2.29. The molecule has 1 saturated carbocycles. The van der Waals surface area contributed by atoms with Crippen LogP contribution < -0.4 is 15.4 Å². The van der Waals surface area contributed by atoms with Crippen molar-refractivity contribution < 1.29 is 4.74 Å². The first-order valence-electron chi connectivity index (χ1n) is 11.0. The van der Waals surface area contributed by atoms with Crippen molar-refractivity contribution in [2.75, 3.05) is 32.8 Å². The topological polar surface area (TPSA) is 61.8 Å². The molecule has 1 heterocycles. The molecular weight excluding hydrogens is 350 g/mol. The lowest BCUT2D eigenvalue weighted by Gasteiger charge is -2.21. The number of pyridine rings is 1. The number of nitrogens with zero attached hydrogens (tertiary/aromatic N) is 3. The molecular formula is C22H39N5O. The van der Waals surface area contributed by atoms with E-state index in [2.05, 4.69) is 54.3 Å². The molecule has 2 N–H and O–H groups in total. The van der Waals surface area contributed by atoms with Gasteiger partial charge in [0.1, 0.15) is 0 Å². The number of guanidine groups is 1. The maximum Gasteiger partial charge on any atom is 0.213 e. The van der Waals surface area contributed by atoms with Gasteiger partial charge in [-0.3, -0.25) is 0 Å². The SMILES string of the molecule is CCNC(=NCc1ccc(OCC2CC2)nc1)NC(C)CCCN(CC)CC. The average molecular weight is 390 g/mol. The van der Waals surface area contributed by atoms with Crippen molar-refractivity contribution >= 4 is 5.96 Å². The zero-order chi connectivity index (χ0) is 20.2. The Morgan fingerprint density at radius 2 is 2.07 bits per heavy atom. The number of aromatic nitrogens is 1. The maximum atomic E-state index is 5.70. The van der Waals surface area contributed by atoms with Crippen molar-refractivity contribution in [3.8, 4) is 5.88 Å². The second kappa shape index (κ2) is 12.6. The minimum atomic E-state index is 0.393. The van der Waals surface area contributed by atoms with Crippen molar-refractivity contribution in [3.63, 3.8) is 0 Å². The van der Waals surface area contributed by atoms with Crippen molar-refractivity contribution in [2.24, 2.45) is 10.9 Å². The van der Waals surface area contributed by atoms with E-state index in [0.717, 1.165) is 56.6 Å². The van der Waals surface area contributed by atoms with Crippen LogP contribution in [0.5, 0.6) is 5.88 Å². The van der Waals surface area contributed by atoms with E-state index in [1.165, 1.54) is 19.3 Å². The summed E-state index contributed by atoms with van der Waals surface area (Å²) in [6.07, 6.45) is 6.78. The molecule has 1 aliphatic rings. The second-order valence-corrected chi connectivity index (χ2v) is 7.67. The number of hydrogen-bond donors (Lipinski definition) is 2. The van der Waals surface area contributed by atoms with Crippen LogP contribution in [0.3, 0.4) is 0 Å². The first-order valence-corrected chi connectivity index (χ1v) is 11.0. The molecule has 1 atom stereocenters. The summed E-state index contributed by atoms with van der Waals surface area (Å²) >= 11 is 0. The number of rotatable bonds is 13. The van der Waals surface area contributed by atoms with Gasteiger partial charge in [0.25, 0.3) is 0 Å². The van der Waals surface area contributed by atoms with Crippen molar-refractivity contribution in [2.45, 2.75) is 66.0 Å². The lowest BCUT2D eigenvalue weighted by atomic mass is 10.2. The first-order chi connectivity index (χ1) is 13.6. The van der Waals surface area contributed by atoms with Gasteiger partial charge in [0.05, 0.1) is 13.2 Å². The molecule has 0 spiro atoms. The van der Waals surface area contributed by atoms with Crippen LogP contribution in [0.15, 0.2) is 23.3 Å². The van der Waals surface area contributed by atoms with Crippen LogP contribution in [-0.2, 0) is 6.54 Å². The monoisotopic (exact) mass is 389 g/mol. The fraction of sp³-hybridized carbons (Fsp3) is 0.727. The molecule has 1 aliphatic carbocycles. The van der Waals surface area contributed by atoms with Crippen LogP contribution in [-0.4, -0.2) is 54.7 Å². The summed E-state index contributed by atoms with van der Waals surface area (Å²) in [4.78, 5) is 11.6. The third-order valence-electron chi connectivity index (χ3n) is 5.11. The highest BCUT2D eigenvalue weighted by Gasteiger charge is 2.22. The Hall–Kier alpha value is -1.82. The molecule has 6 nitrogen and oxygen atoms in total. The fourth-order valence-corrected chi connectivity index (χ4v) is 3.03. The van der Waals surface area contributed by atoms with Crippen molar-refractivity contribution in [1.29, 1.82) is 0 Å². The van der Waals surface area contributed by atoms with E-state index in [0.29, 0.717) is 18.5 Å². The molecule has 28 heavy (non-hydrogen) atoms. The number of nitrogens with one attached hydrogen (secondary N) is 2. The van der Waals surface area contributed by atoms with E-state index in [4.69, 9.17) is 9.73 Å². The summed E-state index contributed by atoms with van der Waals surface area (Å²) in [5, 5.41) is 6.86. The standard InChI is InChI=1S/C22H39N5O/c1-5-23-22(26-18(4)9-8-14-27(6-2)7-3)25-16-20-12-13-21(24-15-20)28-17-19-10-11-19/h12-13,15,18-19H,5-11,14,16-17H2,1-4H3,(H2,23,25,26). The van der Waals surface area contributed by atoms with E-state index >= 15 is 0 Å². The third kappa shape index (κ3) is 8.91. The summed E-state index contributed by atoms with van der Waals surface area (Å²) in [5.74, 6) is 2.33. The Morgan fingerprint density at radius 3 is 2.68 bits per heavy atom. The number of ether oxygens (including phenoxy) is 1. The normalized spacial score (nSPS) is 15.5. The lowest BCUT2D eigenvalue weighted by molar-refractivity contribution is 0.288. The van der Waals surface area contributed by atoms with Crippen molar-refractivity contribution in [1.82, 2.24) is 20.5 Å². The quantitative estimate of drug-likeness (QED) is 0.400. The maximum absolute atomic E-state index is 5.70. The molecule has 0 amide bonds. The van der Waals surface area contributed by atoms with Crippen LogP contribution in [0, 0.1) is 5.92 Å². The van der Waals surface area contributed by atoms with E-state index in [1.54, 1.807) is 0 Å². The van der Waals surface area contributed by atoms with Gasteiger partial charge >= 0.3 is 0 Å². The molecule has 1 unspecified atom stereocenters. The zero-order valence-corrected chi connectivity index (χ0v) is 18.2. The molecule has 0 saturated heterocycles. The van der Waals surface area contributed by atoms with Crippen LogP contribution >= 0.6 is 0 Å². The Morgan fingerprint density at radius 1 is 1.29 bits per heavy atom. The lowest BCUT2D eigenvalue weighted by Crippen LogP contribution is -2.42. The van der Waals surface area contributed by atoms with Gasteiger partial charge in [-0.25, -0.2) is 9.98 Å². The fourth-order valence-electron chi connectivity index (χ4n) is 3.03. The minimum absolute atomic E-state index is 0.393. The van der Waals surface area contributed by atoms with Gasteiger partial charge in [-0.2, -0.15) is 0 Å². The van der Waals surface area contributed by atoms with Gasteiger partial charge < -0.3 is 20.3 Å². The Kier molecular flexibility index (Phi) is 10.1. The van der Waals surface area contributed by atoms with Crippen molar-refractivity contribution in [3.05, 3.63) is 23.9 Å². The Bertz CT molecular complexity index is 567. The van der Waals surface area contributed by atoms with Gasteiger partial charge in [-0.05, 0) is 70.6 Å². The molecule has 158 valence electrons. The molecule has 0 bridgehead atoms. The van der Waals surface area contributed by atoms with E-state index in [9.17, 15) is 0 Å². The van der Waals surface area contributed by atoms with Crippen LogP contribution in [0.2, 0.25) is 0 Å². The molecule has 0 aliphatic heterocycles. The smallest absolute Gasteiger partial charge is 0.213 e. The van der Waals surface area contributed by atoms with Gasteiger partial charge in [0.15, 0.2) is 5.96 Å². The Balaban J connectivity index is 1.76. The highest BCUT2D eigenvalue weighted by atomic mass is 16.5. The first kappa shape index (κ1) is 22.5. The minimum Gasteiger partial charge on any atom is -0.477 e. The molecule has 2 rings (SSSR count). The van der Waals surface area contributed by atoms with Gasteiger partial charge in [0, 0.05) is 24.8 Å². The molecule has 1 aromatic rings. The summed E-state index contributed by atoms with van der Waals surface area (Å²) < 4.78 is 5.70. The largest absolute Gasteiger partial charge is 0.477 e. The van der Waals surface area contributed by atoms with Crippen LogP contribution in [0.1, 0.15) is 58.9 Å². The molecule has 0 radical (unpaired) electrons. The zero-order valence-electron chi connectivity index (χ0n) is 18.2. The summed E-state index contributed by atoms with van der Waals surface area (Å²) in [6, 6.07) is 4.39. The predicted octanol–water partition coefficient (Wildman–Crippen LogP) is 3.44. The van der Waals surface area contributed by atoms with E-state index < -0.39 is 0 Å². The summed E-state index contributed by atoms with van der Waals surface area (Å²) in [7, 11) is 0. The number of aliphatic imine (C=N–C) groups is 1. The number of hydrogen-bond acceptors (Lipinski definition) is 4. The predicted molar refractivity (Wildman–Crippen MR) is 117 cm³/mol. The van der Waals surface area contributed by atoms with E-state index in [1.807, 2.05) is 12.3 Å². The van der Waals surface area contributed by atoms with Crippen LogP contribution in [0.25, 0.3) is 0 Å².